The van der Waals surface area contributed by atoms with Crippen molar-refractivity contribution in [2.24, 2.45) is 0 Å². The van der Waals surface area contributed by atoms with Gasteiger partial charge in [-0.15, -0.1) is 0 Å². The molecule has 0 saturated heterocycles. The highest BCUT2D eigenvalue weighted by Crippen LogP contribution is 2.22. The Labute approximate surface area is 169 Å². The first-order valence-corrected chi connectivity index (χ1v) is 10.7. The summed E-state index contributed by atoms with van der Waals surface area (Å²) >= 11 is 1.45. The molecule has 6 nitrogen and oxygen atoms in total. The second-order valence-corrected chi connectivity index (χ2v) is 8.12. The Hall–Kier alpha value is -2.28. The number of thioether (sulfide) groups is 1. The number of methoxy groups -OCH3 is 1. The van der Waals surface area contributed by atoms with Gasteiger partial charge in [0.15, 0.2) is 5.16 Å². The van der Waals surface area contributed by atoms with Crippen molar-refractivity contribution in [2.45, 2.75) is 62.4 Å². The van der Waals surface area contributed by atoms with E-state index in [0.29, 0.717) is 22.2 Å². The van der Waals surface area contributed by atoms with E-state index in [2.05, 4.69) is 15.3 Å². The Morgan fingerprint density at radius 1 is 1.32 bits per heavy atom. The van der Waals surface area contributed by atoms with Crippen LogP contribution in [0.5, 0.6) is 5.75 Å². The lowest BCUT2D eigenvalue weighted by Gasteiger charge is -2.22. The zero-order valence-corrected chi connectivity index (χ0v) is 17.2. The molecule has 1 saturated carbocycles. The molecule has 1 amide bonds. The Bertz CT molecular complexity index is 875. The summed E-state index contributed by atoms with van der Waals surface area (Å²) in [4.78, 5) is 32.1. The number of nitrogens with one attached hydrogen (secondary N) is 2. The number of hydrogen-bond acceptors (Lipinski definition) is 5. The predicted molar refractivity (Wildman–Crippen MR) is 111 cm³/mol. The van der Waals surface area contributed by atoms with Crippen LogP contribution >= 0.6 is 11.8 Å². The maximum Gasteiger partial charge on any atom is 0.255 e. The molecular formula is C21H27N3O3S. The van der Waals surface area contributed by atoms with Crippen molar-refractivity contribution < 1.29 is 9.53 Å². The molecule has 0 radical (unpaired) electrons. The van der Waals surface area contributed by atoms with Crippen LogP contribution in [0.3, 0.4) is 0 Å². The Balaban J connectivity index is 1.61. The first-order valence-electron chi connectivity index (χ1n) is 9.70. The number of benzene rings is 1. The number of hydrogen-bond donors (Lipinski definition) is 2. The molecule has 1 aromatic heterocycles. The van der Waals surface area contributed by atoms with Crippen LogP contribution in [-0.2, 0) is 17.0 Å². The molecule has 0 atom stereocenters. The molecule has 150 valence electrons. The van der Waals surface area contributed by atoms with E-state index in [0.717, 1.165) is 37.0 Å². The van der Waals surface area contributed by atoms with E-state index in [9.17, 15) is 9.59 Å². The molecule has 28 heavy (non-hydrogen) atoms. The minimum atomic E-state index is -0.237. The minimum Gasteiger partial charge on any atom is -0.497 e. The largest absolute Gasteiger partial charge is 0.497 e. The van der Waals surface area contributed by atoms with Gasteiger partial charge in [0.25, 0.3) is 5.56 Å². The Kier molecular flexibility index (Phi) is 7.14. The van der Waals surface area contributed by atoms with Crippen molar-refractivity contribution >= 4 is 17.7 Å². The summed E-state index contributed by atoms with van der Waals surface area (Å²) in [5.74, 6) is 1.37. The van der Waals surface area contributed by atoms with Gasteiger partial charge in [0.1, 0.15) is 5.75 Å². The second-order valence-electron chi connectivity index (χ2n) is 7.15. The third kappa shape index (κ3) is 5.61. The molecular weight excluding hydrogens is 374 g/mol. The maximum atomic E-state index is 12.5. The normalized spacial score (nSPS) is 14.6. The quantitative estimate of drug-likeness (QED) is 0.549. The molecule has 1 aliphatic rings. The van der Waals surface area contributed by atoms with Crippen LogP contribution in [0, 0.1) is 6.92 Å². The van der Waals surface area contributed by atoms with Crippen molar-refractivity contribution in [1.82, 2.24) is 15.3 Å². The summed E-state index contributed by atoms with van der Waals surface area (Å²) in [7, 11) is 1.64. The first kappa shape index (κ1) is 20.5. The number of rotatable bonds is 7. The van der Waals surface area contributed by atoms with Crippen molar-refractivity contribution in [3.63, 3.8) is 0 Å². The smallest absolute Gasteiger partial charge is 0.255 e. The number of carbonyl (C=O) groups excluding carboxylic acids is 1. The second kappa shape index (κ2) is 9.78. The van der Waals surface area contributed by atoms with Crippen LogP contribution in [0.15, 0.2) is 34.2 Å². The van der Waals surface area contributed by atoms with E-state index in [1.807, 2.05) is 24.3 Å². The number of aryl methyl sites for hydroxylation is 1. The number of amides is 1. The standard InChI is InChI=1S/C21H27N3O3S/c1-14-18(12-19(25)23-16-8-4-3-5-9-16)20(26)24-21(22-14)28-13-15-7-6-10-17(11-15)27-2/h6-7,10-11,16H,3-5,8-9,12-13H2,1-2H3,(H,23,25)(H,22,24,26). The summed E-state index contributed by atoms with van der Waals surface area (Å²) in [6.45, 7) is 1.79. The van der Waals surface area contributed by atoms with Crippen LogP contribution in [0.25, 0.3) is 0 Å². The van der Waals surface area contributed by atoms with Gasteiger partial charge in [-0.25, -0.2) is 4.98 Å². The van der Waals surface area contributed by atoms with Crippen LogP contribution < -0.4 is 15.6 Å². The Morgan fingerprint density at radius 3 is 2.82 bits per heavy atom. The van der Waals surface area contributed by atoms with Crippen LogP contribution in [0.1, 0.15) is 48.9 Å². The van der Waals surface area contributed by atoms with Crippen LogP contribution in [0.2, 0.25) is 0 Å². The number of aromatic nitrogens is 2. The van der Waals surface area contributed by atoms with Gasteiger partial charge in [0.05, 0.1) is 13.5 Å². The van der Waals surface area contributed by atoms with E-state index in [4.69, 9.17) is 4.74 Å². The van der Waals surface area contributed by atoms with Crippen molar-refractivity contribution in [2.75, 3.05) is 7.11 Å². The molecule has 7 heteroatoms. The topological polar surface area (TPSA) is 84.1 Å². The van der Waals surface area contributed by atoms with E-state index in [-0.39, 0.29) is 23.9 Å². The number of ether oxygens (including phenoxy) is 1. The highest BCUT2D eigenvalue weighted by atomic mass is 32.2. The molecule has 1 aliphatic carbocycles. The van der Waals surface area contributed by atoms with Crippen molar-refractivity contribution in [3.05, 3.63) is 51.4 Å². The van der Waals surface area contributed by atoms with Gasteiger partial charge in [0, 0.05) is 23.1 Å². The van der Waals surface area contributed by atoms with E-state index < -0.39 is 0 Å². The third-order valence-electron chi connectivity index (χ3n) is 5.02. The number of aromatic amines is 1. The molecule has 0 aliphatic heterocycles. The van der Waals surface area contributed by atoms with E-state index in [1.165, 1.54) is 18.2 Å². The molecule has 3 rings (SSSR count). The summed E-state index contributed by atoms with van der Waals surface area (Å²) < 4.78 is 5.23. The summed E-state index contributed by atoms with van der Waals surface area (Å²) in [6, 6.07) is 8.04. The highest BCUT2D eigenvalue weighted by molar-refractivity contribution is 7.98. The zero-order chi connectivity index (χ0) is 19.9. The lowest BCUT2D eigenvalue weighted by Crippen LogP contribution is -2.38. The number of carbonyl (C=O) groups is 1. The first-order chi connectivity index (χ1) is 13.5. The summed E-state index contributed by atoms with van der Waals surface area (Å²) in [5, 5.41) is 3.61. The number of H-pyrrole nitrogens is 1. The monoisotopic (exact) mass is 401 g/mol. The minimum absolute atomic E-state index is 0.0749. The molecule has 0 spiro atoms. The van der Waals surface area contributed by atoms with Gasteiger partial charge in [-0.3, -0.25) is 9.59 Å². The average molecular weight is 402 g/mol. The number of nitrogens with zero attached hydrogens (tertiary/aromatic N) is 1. The van der Waals surface area contributed by atoms with Crippen molar-refractivity contribution in [3.8, 4) is 5.75 Å². The molecule has 0 unspecified atom stereocenters. The molecule has 0 bridgehead atoms. The fourth-order valence-electron chi connectivity index (χ4n) is 3.46. The van der Waals surface area contributed by atoms with Gasteiger partial charge in [-0.05, 0) is 37.5 Å². The van der Waals surface area contributed by atoms with Gasteiger partial charge in [0.2, 0.25) is 5.91 Å². The SMILES string of the molecule is COc1cccc(CSc2nc(C)c(CC(=O)NC3CCCCC3)c(=O)[nH]2)c1. The zero-order valence-electron chi connectivity index (χ0n) is 16.4. The van der Waals surface area contributed by atoms with Gasteiger partial charge < -0.3 is 15.0 Å². The van der Waals surface area contributed by atoms with Gasteiger partial charge >= 0.3 is 0 Å². The lowest BCUT2D eigenvalue weighted by molar-refractivity contribution is -0.121. The molecule has 1 heterocycles. The summed E-state index contributed by atoms with van der Waals surface area (Å²) in [6.07, 6.45) is 5.68. The Morgan fingerprint density at radius 2 is 2.11 bits per heavy atom. The predicted octanol–water partition coefficient (Wildman–Crippen LogP) is 3.37. The lowest BCUT2D eigenvalue weighted by atomic mass is 9.95. The maximum absolute atomic E-state index is 12.5. The van der Waals surface area contributed by atoms with Gasteiger partial charge in [-0.2, -0.15) is 0 Å². The average Bonchev–Trinajstić information content (AvgIpc) is 2.70. The van der Waals surface area contributed by atoms with Gasteiger partial charge in [-0.1, -0.05) is 43.2 Å². The fraction of sp³-hybridized carbons (Fsp3) is 0.476. The third-order valence-corrected chi connectivity index (χ3v) is 5.96. The fourth-order valence-corrected chi connectivity index (χ4v) is 4.31. The highest BCUT2D eigenvalue weighted by Gasteiger charge is 2.18. The molecule has 1 fully saturated rings. The molecule has 1 aromatic carbocycles. The van der Waals surface area contributed by atoms with E-state index in [1.54, 1.807) is 14.0 Å². The van der Waals surface area contributed by atoms with Crippen LogP contribution in [0.4, 0.5) is 0 Å². The molecule has 2 N–H and O–H groups in total. The molecule has 2 aromatic rings. The van der Waals surface area contributed by atoms with Crippen LogP contribution in [-0.4, -0.2) is 29.0 Å². The van der Waals surface area contributed by atoms with E-state index >= 15 is 0 Å². The summed E-state index contributed by atoms with van der Waals surface area (Å²) in [5.41, 5.74) is 1.90. The van der Waals surface area contributed by atoms with Crippen molar-refractivity contribution in [1.29, 1.82) is 0 Å².